The van der Waals surface area contributed by atoms with Gasteiger partial charge in [0.25, 0.3) is 5.91 Å². The fraction of sp³-hybridized carbons (Fsp3) is 0.120. The summed E-state index contributed by atoms with van der Waals surface area (Å²) in [5.41, 5.74) is 2.87. The van der Waals surface area contributed by atoms with Crippen molar-refractivity contribution in [3.05, 3.63) is 95.3 Å². The molecule has 1 atom stereocenters. The van der Waals surface area contributed by atoms with Crippen molar-refractivity contribution in [3.63, 3.8) is 0 Å². The van der Waals surface area contributed by atoms with Crippen LogP contribution in [-0.4, -0.2) is 38.8 Å². The molecular weight excluding hydrogens is 436 g/mol. The van der Waals surface area contributed by atoms with E-state index in [-0.39, 0.29) is 11.7 Å². The molecule has 0 aliphatic carbocycles. The van der Waals surface area contributed by atoms with Gasteiger partial charge >= 0.3 is 0 Å². The number of hydrazone groups is 1. The Hall–Kier alpha value is -4.04. The van der Waals surface area contributed by atoms with Crippen LogP contribution in [0.15, 0.2) is 84.4 Å². The predicted molar refractivity (Wildman–Crippen MR) is 127 cm³/mol. The number of thiophene rings is 1. The van der Waals surface area contributed by atoms with Gasteiger partial charge in [-0.1, -0.05) is 18.2 Å². The monoisotopic (exact) mass is 456 g/mol. The van der Waals surface area contributed by atoms with Gasteiger partial charge in [0.2, 0.25) is 0 Å². The number of amides is 1. The van der Waals surface area contributed by atoms with Gasteiger partial charge in [0.05, 0.1) is 39.9 Å². The summed E-state index contributed by atoms with van der Waals surface area (Å²) < 4.78 is 5.51. The number of ether oxygens (including phenoxy) is 1. The Morgan fingerprint density at radius 3 is 2.76 bits per heavy atom. The van der Waals surface area contributed by atoms with Gasteiger partial charge in [0.1, 0.15) is 11.5 Å². The van der Waals surface area contributed by atoms with Crippen molar-refractivity contribution in [2.75, 3.05) is 7.11 Å². The van der Waals surface area contributed by atoms with Crippen LogP contribution in [0.1, 0.15) is 33.3 Å². The highest BCUT2D eigenvalue weighted by atomic mass is 32.1. The van der Waals surface area contributed by atoms with Crippen LogP contribution in [-0.2, 0) is 0 Å². The van der Waals surface area contributed by atoms with Crippen molar-refractivity contribution in [2.45, 2.75) is 12.5 Å². The van der Waals surface area contributed by atoms with Gasteiger partial charge in [-0.2, -0.15) is 5.10 Å². The zero-order valence-electron chi connectivity index (χ0n) is 17.8. The highest BCUT2D eigenvalue weighted by Crippen LogP contribution is 2.43. The van der Waals surface area contributed by atoms with Gasteiger partial charge in [-0.15, -0.1) is 11.3 Å². The van der Waals surface area contributed by atoms with E-state index in [1.807, 2.05) is 36.4 Å². The molecule has 0 saturated carbocycles. The largest absolute Gasteiger partial charge is 0.507 e. The highest BCUT2D eigenvalue weighted by Gasteiger charge is 2.37. The second-order valence-corrected chi connectivity index (χ2v) is 8.51. The first-order chi connectivity index (χ1) is 16.2. The number of aromatic hydroxyl groups is 1. The van der Waals surface area contributed by atoms with Crippen LogP contribution >= 0.6 is 11.3 Å². The molecule has 3 aromatic heterocycles. The maximum absolute atomic E-state index is 13.6. The molecule has 1 aromatic carbocycles. The Kier molecular flexibility index (Phi) is 5.58. The van der Waals surface area contributed by atoms with Crippen molar-refractivity contribution < 1.29 is 14.6 Å². The van der Waals surface area contributed by atoms with Crippen molar-refractivity contribution in [1.82, 2.24) is 15.0 Å². The summed E-state index contributed by atoms with van der Waals surface area (Å²) >= 11 is 1.36. The number of phenolic OH excluding ortho intramolecular Hbond substituents is 1. The molecule has 7 nitrogen and oxygen atoms in total. The van der Waals surface area contributed by atoms with E-state index in [2.05, 4.69) is 15.1 Å². The number of methoxy groups -OCH3 is 1. The molecule has 1 N–H and O–H groups in total. The topological polar surface area (TPSA) is 87.9 Å². The smallest absolute Gasteiger partial charge is 0.284 e. The molecular formula is C25H20N4O3S. The van der Waals surface area contributed by atoms with Crippen molar-refractivity contribution >= 4 is 23.0 Å². The molecule has 33 heavy (non-hydrogen) atoms. The average Bonchev–Trinajstić information content (AvgIpc) is 3.53. The first-order valence-electron chi connectivity index (χ1n) is 10.3. The van der Waals surface area contributed by atoms with Gasteiger partial charge in [-0.3, -0.25) is 14.8 Å². The highest BCUT2D eigenvalue weighted by molar-refractivity contribution is 7.17. The molecule has 0 radical (unpaired) electrons. The molecule has 1 aliphatic heterocycles. The van der Waals surface area contributed by atoms with Gasteiger partial charge in [0, 0.05) is 30.6 Å². The normalized spacial score (nSPS) is 15.4. The maximum Gasteiger partial charge on any atom is 0.284 e. The number of aromatic nitrogens is 2. The second-order valence-electron chi connectivity index (χ2n) is 7.43. The van der Waals surface area contributed by atoms with Crippen LogP contribution in [0, 0.1) is 0 Å². The van der Waals surface area contributed by atoms with Crippen LogP contribution in [0.4, 0.5) is 0 Å². The van der Waals surface area contributed by atoms with E-state index in [0.29, 0.717) is 28.3 Å². The third-order valence-corrected chi connectivity index (χ3v) is 6.54. The predicted octanol–water partition coefficient (Wildman–Crippen LogP) is 4.91. The number of carbonyl (C=O) groups excluding carboxylic acids is 1. The molecule has 4 aromatic rings. The molecule has 0 spiro atoms. The van der Waals surface area contributed by atoms with Gasteiger partial charge < -0.3 is 9.84 Å². The molecule has 1 aliphatic rings. The number of pyridine rings is 2. The summed E-state index contributed by atoms with van der Waals surface area (Å²) in [6.07, 6.45) is 5.55. The van der Waals surface area contributed by atoms with E-state index in [0.717, 1.165) is 16.1 Å². The molecule has 164 valence electrons. The number of benzene rings is 1. The van der Waals surface area contributed by atoms with Crippen LogP contribution < -0.4 is 4.74 Å². The van der Waals surface area contributed by atoms with Crippen molar-refractivity contribution in [2.24, 2.45) is 5.10 Å². The van der Waals surface area contributed by atoms with Crippen molar-refractivity contribution in [3.8, 4) is 22.1 Å². The minimum absolute atomic E-state index is 0.0557. The zero-order valence-corrected chi connectivity index (χ0v) is 18.6. The fourth-order valence-corrected chi connectivity index (χ4v) is 4.80. The number of hydrogen-bond acceptors (Lipinski definition) is 7. The van der Waals surface area contributed by atoms with E-state index in [9.17, 15) is 9.90 Å². The van der Waals surface area contributed by atoms with Crippen LogP contribution in [0.3, 0.4) is 0 Å². The lowest BCUT2D eigenvalue weighted by Crippen LogP contribution is -2.26. The first kappa shape index (κ1) is 20.8. The number of nitrogens with zero attached hydrogens (tertiary/aromatic N) is 4. The van der Waals surface area contributed by atoms with E-state index in [4.69, 9.17) is 4.74 Å². The summed E-state index contributed by atoms with van der Waals surface area (Å²) in [6.45, 7) is 0. The summed E-state index contributed by atoms with van der Waals surface area (Å²) in [4.78, 5) is 23.6. The fourth-order valence-electron chi connectivity index (χ4n) is 3.89. The molecule has 0 fully saturated rings. The Morgan fingerprint density at radius 2 is 2.00 bits per heavy atom. The van der Waals surface area contributed by atoms with Crippen molar-refractivity contribution in [1.29, 1.82) is 0 Å². The summed E-state index contributed by atoms with van der Waals surface area (Å²) in [5.74, 6) is 0.303. The Morgan fingerprint density at radius 1 is 1.09 bits per heavy atom. The second kappa shape index (κ2) is 8.84. The molecule has 1 amide bonds. The molecule has 8 heteroatoms. The Bertz CT molecular complexity index is 1320. The van der Waals surface area contributed by atoms with Gasteiger partial charge in [0.15, 0.2) is 0 Å². The first-order valence-corrected chi connectivity index (χ1v) is 11.2. The summed E-state index contributed by atoms with van der Waals surface area (Å²) in [6, 6.07) is 17.6. The minimum atomic E-state index is -0.524. The lowest BCUT2D eigenvalue weighted by atomic mass is 9.97. The third-order valence-electron chi connectivity index (χ3n) is 5.44. The number of rotatable bonds is 5. The lowest BCUT2D eigenvalue weighted by Gasteiger charge is -2.24. The van der Waals surface area contributed by atoms with Crippen LogP contribution in [0.25, 0.3) is 10.6 Å². The van der Waals surface area contributed by atoms with Gasteiger partial charge in [-0.25, -0.2) is 5.01 Å². The Balaban J connectivity index is 1.55. The van der Waals surface area contributed by atoms with E-state index in [1.165, 1.54) is 16.3 Å². The number of phenols is 1. The number of carbonyl (C=O) groups is 1. The maximum atomic E-state index is 13.6. The van der Waals surface area contributed by atoms with E-state index >= 15 is 0 Å². The molecule has 4 heterocycles. The van der Waals surface area contributed by atoms with E-state index < -0.39 is 6.04 Å². The number of hydrogen-bond donors (Lipinski definition) is 1. The third kappa shape index (κ3) is 3.96. The van der Waals surface area contributed by atoms with E-state index in [1.54, 1.807) is 50.0 Å². The lowest BCUT2D eigenvalue weighted by molar-refractivity contribution is 0.0713. The quantitative estimate of drug-likeness (QED) is 0.461. The SMILES string of the molecule is COc1cccc(O)c1C1CC(c2cccnc2)=NN1C(=O)c1ccc(-c2ccccn2)s1. The molecule has 0 saturated heterocycles. The molecule has 1 unspecified atom stereocenters. The van der Waals surface area contributed by atoms with Crippen LogP contribution in [0.5, 0.6) is 11.5 Å². The Labute approximate surface area is 194 Å². The van der Waals surface area contributed by atoms with Crippen LogP contribution in [0.2, 0.25) is 0 Å². The average molecular weight is 457 g/mol. The zero-order chi connectivity index (χ0) is 22.8. The molecule has 5 rings (SSSR count). The summed E-state index contributed by atoms with van der Waals surface area (Å²) in [7, 11) is 1.54. The molecule has 0 bridgehead atoms. The minimum Gasteiger partial charge on any atom is -0.507 e. The van der Waals surface area contributed by atoms with Gasteiger partial charge in [-0.05, 0) is 42.5 Å². The standard InChI is InChI=1S/C25H20N4O3S/c1-32-21-9-4-8-20(30)24(21)19-14-18(16-6-5-12-26-15-16)28-29(19)25(31)23-11-10-22(33-23)17-7-2-3-13-27-17/h2-13,15,19,30H,14H2,1H3. The summed E-state index contributed by atoms with van der Waals surface area (Å²) in [5, 5.41) is 16.8.